The maximum atomic E-state index is 11.0. The second-order valence-corrected chi connectivity index (χ2v) is 6.55. The Labute approximate surface area is 109 Å². The fourth-order valence-electron chi connectivity index (χ4n) is 2.27. The van der Waals surface area contributed by atoms with Crippen molar-refractivity contribution in [2.75, 3.05) is 26.0 Å². The molecule has 2 aliphatic heterocycles. The summed E-state index contributed by atoms with van der Waals surface area (Å²) in [6, 6.07) is 0.420. The molecule has 6 nitrogen and oxygen atoms in total. The molecule has 1 fully saturated rings. The van der Waals surface area contributed by atoms with Crippen LogP contribution >= 0.6 is 0 Å². The number of hydrogen-bond donors (Lipinski definition) is 1. The highest BCUT2D eigenvalue weighted by Gasteiger charge is 2.28. The largest absolute Gasteiger partial charge is 0.351 e. The molecule has 0 unspecified atom stereocenters. The summed E-state index contributed by atoms with van der Waals surface area (Å²) in [4.78, 5) is 6.87. The molecule has 1 saturated heterocycles. The Kier molecular flexibility index (Phi) is 4.11. The number of nitrogens with one attached hydrogen (secondary N) is 1. The van der Waals surface area contributed by atoms with E-state index in [1.54, 1.807) is 0 Å². The van der Waals surface area contributed by atoms with Crippen LogP contribution < -0.4 is 5.32 Å². The highest BCUT2D eigenvalue weighted by atomic mass is 32.2. The van der Waals surface area contributed by atoms with Crippen LogP contribution in [0.3, 0.4) is 0 Å². The molecule has 2 aliphatic rings. The van der Waals surface area contributed by atoms with Crippen molar-refractivity contribution >= 4 is 16.1 Å². The summed E-state index contributed by atoms with van der Waals surface area (Å²) < 4.78 is 26.8. The molecule has 0 saturated carbocycles. The molecule has 1 N–H and O–H groups in total. The maximum absolute atomic E-state index is 11.0. The maximum Gasteiger partial charge on any atom is 0.264 e. The van der Waals surface area contributed by atoms with E-state index in [9.17, 15) is 8.42 Å². The Balaban J connectivity index is 1.93. The third kappa shape index (κ3) is 3.58. The van der Waals surface area contributed by atoms with Crippen LogP contribution in [0, 0.1) is 0 Å². The van der Waals surface area contributed by atoms with Crippen molar-refractivity contribution in [1.82, 2.24) is 10.2 Å². The molecular formula is C11H21N3O3S. The van der Waals surface area contributed by atoms with E-state index in [1.165, 1.54) is 0 Å². The van der Waals surface area contributed by atoms with E-state index in [2.05, 4.69) is 22.1 Å². The molecule has 0 amide bonds. The topological polar surface area (TPSA) is 71.0 Å². The lowest BCUT2D eigenvalue weighted by Gasteiger charge is -2.39. The Morgan fingerprint density at radius 2 is 2.17 bits per heavy atom. The standard InChI is InChI=1S/C11H21N3O3S/c1-3-9-4-6-14-7-5-10(13-11(14)12-9)8-17-18(2,15)16/h9-10H,3-8H2,1-2H3,(H,12,13)/t9-,10+/m0/s1. The highest BCUT2D eigenvalue weighted by Crippen LogP contribution is 2.16. The number of aliphatic imine (C=N–C) groups is 1. The zero-order chi connectivity index (χ0) is 13.2. The van der Waals surface area contributed by atoms with Gasteiger partial charge in [0.1, 0.15) is 0 Å². The molecule has 104 valence electrons. The first-order valence-electron chi connectivity index (χ1n) is 6.41. The van der Waals surface area contributed by atoms with Crippen LogP contribution in [0.1, 0.15) is 26.2 Å². The first-order chi connectivity index (χ1) is 8.48. The third-order valence-corrected chi connectivity index (χ3v) is 3.94. The number of hydrogen-bond acceptors (Lipinski definition) is 6. The van der Waals surface area contributed by atoms with Crippen molar-refractivity contribution in [3.8, 4) is 0 Å². The molecule has 2 rings (SSSR count). The van der Waals surface area contributed by atoms with E-state index in [4.69, 9.17) is 4.18 Å². The van der Waals surface area contributed by atoms with E-state index in [0.29, 0.717) is 6.04 Å². The zero-order valence-corrected chi connectivity index (χ0v) is 11.7. The van der Waals surface area contributed by atoms with Gasteiger partial charge in [0.15, 0.2) is 5.96 Å². The first kappa shape index (κ1) is 13.6. The SMILES string of the molecule is CC[C@H]1CCN2CC[C@H](COS(C)(=O)=O)NC2=N1. The average molecular weight is 275 g/mol. The molecule has 0 bridgehead atoms. The fraction of sp³-hybridized carbons (Fsp3) is 0.909. The predicted octanol–water partition coefficient (Wildman–Crippen LogP) is 0.165. The van der Waals surface area contributed by atoms with Gasteiger partial charge in [-0.15, -0.1) is 0 Å². The molecule has 0 radical (unpaired) electrons. The summed E-state index contributed by atoms with van der Waals surface area (Å²) in [5.74, 6) is 0.904. The summed E-state index contributed by atoms with van der Waals surface area (Å²) in [7, 11) is -3.36. The summed E-state index contributed by atoms with van der Waals surface area (Å²) in [5, 5.41) is 3.28. The van der Waals surface area contributed by atoms with E-state index in [-0.39, 0.29) is 12.6 Å². The van der Waals surface area contributed by atoms with Gasteiger partial charge in [-0.25, -0.2) is 4.99 Å². The van der Waals surface area contributed by atoms with Crippen molar-refractivity contribution in [3.05, 3.63) is 0 Å². The summed E-state index contributed by atoms with van der Waals surface area (Å²) in [6.07, 6.45) is 4.11. The van der Waals surface area contributed by atoms with Gasteiger partial charge >= 0.3 is 0 Å². The lowest BCUT2D eigenvalue weighted by molar-refractivity contribution is 0.228. The second kappa shape index (κ2) is 5.44. The lowest BCUT2D eigenvalue weighted by atomic mass is 10.1. The highest BCUT2D eigenvalue weighted by molar-refractivity contribution is 7.85. The summed E-state index contributed by atoms with van der Waals surface area (Å²) in [5.41, 5.74) is 0. The molecule has 18 heavy (non-hydrogen) atoms. The van der Waals surface area contributed by atoms with Crippen LogP contribution in [0.15, 0.2) is 4.99 Å². The van der Waals surface area contributed by atoms with Gasteiger partial charge in [0.05, 0.1) is 24.9 Å². The minimum atomic E-state index is -3.36. The minimum absolute atomic E-state index is 0.0327. The zero-order valence-electron chi connectivity index (χ0n) is 10.9. The van der Waals surface area contributed by atoms with Crippen LogP contribution in [0.2, 0.25) is 0 Å². The molecule has 0 aromatic rings. The van der Waals surface area contributed by atoms with Gasteiger partial charge in [-0.2, -0.15) is 8.42 Å². The van der Waals surface area contributed by atoms with E-state index in [0.717, 1.165) is 44.6 Å². The van der Waals surface area contributed by atoms with Crippen LogP contribution in [0.25, 0.3) is 0 Å². The third-order valence-electron chi connectivity index (χ3n) is 3.37. The van der Waals surface area contributed by atoms with Crippen molar-refractivity contribution < 1.29 is 12.6 Å². The average Bonchev–Trinajstić information content (AvgIpc) is 2.34. The molecular weight excluding hydrogens is 254 g/mol. The van der Waals surface area contributed by atoms with Crippen LogP contribution in [-0.4, -0.2) is 57.3 Å². The number of nitrogens with zero attached hydrogens (tertiary/aromatic N) is 2. The molecule has 2 atom stereocenters. The molecule has 2 heterocycles. The Morgan fingerprint density at radius 1 is 1.44 bits per heavy atom. The van der Waals surface area contributed by atoms with Gasteiger partial charge in [0, 0.05) is 13.1 Å². The number of fused-ring (bicyclic) bond motifs is 1. The Bertz CT molecular complexity index is 421. The lowest BCUT2D eigenvalue weighted by Crippen LogP contribution is -2.56. The van der Waals surface area contributed by atoms with Gasteiger partial charge in [0.2, 0.25) is 0 Å². The van der Waals surface area contributed by atoms with Gasteiger partial charge in [0.25, 0.3) is 10.1 Å². The smallest absolute Gasteiger partial charge is 0.264 e. The molecule has 7 heteroatoms. The second-order valence-electron chi connectivity index (χ2n) is 4.91. The monoisotopic (exact) mass is 275 g/mol. The number of guanidine groups is 1. The first-order valence-corrected chi connectivity index (χ1v) is 8.23. The van der Waals surface area contributed by atoms with Crippen molar-refractivity contribution in [3.63, 3.8) is 0 Å². The van der Waals surface area contributed by atoms with Crippen LogP contribution in [0.5, 0.6) is 0 Å². The van der Waals surface area contributed by atoms with E-state index >= 15 is 0 Å². The van der Waals surface area contributed by atoms with Crippen molar-refractivity contribution in [2.45, 2.75) is 38.3 Å². The number of rotatable bonds is 4. The van der Waals surface area contributed by atoms with Gasteiger partial charge in [-0.1, -0.05) is 6.92 Å². The molecule has 0 aromatic heterocycles. The van der Waals surface area contributed by atoms with Crippen molar-refractivity contribution in [2.24, 2.45) is 4.99 Å². The van der Waals surface area contributed by atoms with Gasteiger partial charge in [-0.3, -0.25) is 4.18 Å². The molecule has 0 aliphatic carbocycles. The van der Waals surface area contributed by atoms with Crippen molar-refractivity contribution in [1.29, 1.82) is 0 Å². The molecule has 0 aromatic carbocycles. The van der Waals surface area contributed by atoms with E-state index in [1.807, 2.05) is 0 Å². The van der Waals surface area contributed by atoms with Crippen LogP contribution in [0.4, 0.5) is 0 Å². The minimum Gasteiger partial charge on any atom is -0.351 e. The summed E-state index contributed by atoms with van der Waals surface area (Å²) >= 11 is 0. The Hall–Kier alpha value is -0.820. The van der Waals surface area contributed by atoms with Crippen LogP contribution in [-0.2, 0) is 14.3 Å². The quantitative estimate of drug-likeness (QED) is 0.740. The van der Waals surface area contributed by atoms with Gasteiger partial charge < -0.3 is 10.2 Å². The predicted molar refractivity (Wildman–Crippen MR) is 70.0 cm³/mol. The molecule has 0 spiro atoms. The Morgan fingerprint density at radius 3 is 2.83 bits per heavy atom. The normalized spacial score (nSPS) is 28.3. The summed E-state index contributed by atoms with van der Waals surface area (Å²) in [6.45, 7) is 4.27. The fourth-order valence-corrected chi connectivity index (χ4v) is 2.68. The van der Waals surface area contributed by atoms with Gasteiger partial charge in [-0.05, 0) is 19.3 Å². The van der Waals surface area contributed by atoms with E-state index < -0.39 is 10.1 Å².